The molecule has 2 aliphatic heterocycles. The number of amides is 4. The predicted molar refractivity (Wildman–Crippen MR) is 104 cm³/mol. The van der Waals surface area contributed by atoms with E-state index in [0.717, 1.165) is 29.0 Å². The minimum Gasteiger partial charge on any atom is -0.354 e. The van der Waals surface area contributed by atoms with Gasteiger partial charge in [0.05, 0.1) is 17.3 Å². The fourth-order valence-corrected chi connectivity index (χ4v) is 4.69. The normalized spacial score (nSPS) is 18.2. The summed E-state index contributed by atoms with van der Waals surface area (Å²) < 4.78 is 0. The molecule has 1 atom stereocenters. The van der Waals surface area contributed by atoms with E-state index in [1.165, 1.54) is 11.3 Å². The van der Waals surface area contributed by atoms with Crippen LogP contribution in [0.1, 0.15) is 39.0 Å². The second-order valence-corrected chi connectivity index (χ2v) is 7.77. The van der Waals surface area contributed by atoms with Crippen molar-refractivity contribution in [3.8, 4) is 0 Å². The first-order chi connectivity index (χ1) is 13.0. The molecule has 4 amide bonds. The zero-order valence-electron chi connectivity index (χ0n) is 14.9. The third-order valence-electron chi connectivity index (χ3n) is 4.90. The van der Waals surface area contributed by atoms with Crippen molar-refractivity contribution in [3.05, 3.63) is 45.6 Å². The minimum atomic E-state index is -0.162. The van der Waals surface area contributed by atoms with E-state index in [2.05, 4.69) is 16.0 Å². The van der Waals surface area contributed by atoms with Crippen LogP contribution in [0.25, 0.3) is 0 Å². The predicted octanol–water partition coefficient (Wildman–Crippen LogP) is 2.97. The van der Waals surface area contributed by atoms with E-state index in [1.54, 1.807) is 19.2 Å². The Kier molecular flexibility index (Phi) is 4.57. The SMILES string of the molecule is CNC(=O)c1ccc(C2CCCN2C(=O)Nc2ccc3c(c2)CC(=O)N3)s1. The number of nitrogens with zero attached hydrogens (tertiary/aromatic N) is 1. The maximum atomic E-state index is 12.8. The van der Waals surface area contributed by atoms with Crippen molar-refractivity contribution in [1.82, 2.24) is 10.2 Å². The van der Waals surface area contributed by atoms with E-state index in [9.17, 15) is 14.4 Å². The van der Waals surface area contributed by atoms with Crippen LogP contribution in [0.3, 0.4) is 0 Å². The van der Waals surface area contributed by atoms with Crippen molar-refractivity contribution in [2.75, 3.05) is 24.2 Å². The van der Waals surface area contributed by atoms with Crippen LogP contribution in [0.2, 0.25) is 0 Å². The first-order valence-corrected chi connectivity index (χ1v) is 9.69. The molecule has 8 heteroatoms. The van der Waals surface area contributed by atoms with Gasteiger partial charge in [-0.2, -0.15) is 0 Å². The fraction of sp³-hybridized carbons (Fsp3) is 0.316. The minimum absolute atomic E-state index is 0.0222. The lowest BCUT2D eigenvalue weighted by Crippen LogP contribution is -2.34. The van der Waals surface area contributed by atoms with Crippen LogP contribution in [-0.4, -0.2) is 36.3 Å². The number of carbonyl (C=O) groups is 3. The van der Waals surface area contributed by atoms with E-state index in [-0.39, 0.29) is 23.9 Å². The third-order valence-corrected chi connectivity index (χ3v) is 6.09. The summed E-state index contributed by atoms with van der Waals surface area (Å²) >= 11 is 1.43. The van der Waals surface area contributed by atoms with E-state index in [4.69, 9.17) is 0 Å². The first-order valence-electron chi connectivity index (χ1n) is 8.87. The number of hydrogen-bond acceptors (Lipinski definition) is 4. The quantitative estimate of drug-likeness (QED) is 0.760. The highest BCUT2D eigenvalue weighted by Gasteiger charge is 2.31. The van der Waals surface area contributed by atoms with E-state index in [0.29, 0.717) is 23.5 Å². The Morgan fingerprint density at radius 2 is 2.11 bits per heavy atom. The van der Waals surface area contributed by atoms with Crippen molar-refractivity contribution < 1.29 is 14.4 Å². The van der Waals surface area contributed by atoms with E-state index >= 15 is 0 Å². The number of likely N-dealkylation sites (tertiary alicyclic amines) is 1. The van der Waals surface area contributed by atoms with Gasteiger partial charge in [-0.1, -0.05) is 0 Å². The number of nitrogens with one attached hydrogen (secondary N) is 3. The number of thiophene rings is 1. The summed E-state index contributed by atoms with van der Waals surface area (Å²) in [5.41, 5.74) is 2.37. The van der Waals surface area contributed by atoms with Gasteiger partial charge in [0.2, 0.25) is 5.91 Å². The molecule has 1 fully saturated rings. The van der Waals surface area contributed by atoms with Gasteiger partial charge >= 0.3 is 6.03 Å². The Morgan fingerprint density at radius 1 is 1.26 bits per heavy atom. The second-order valence-electron chi connectivity index (χ2n) is 6.66. The van der Waals surface area contributed by atoms with Gasteiger partial charge in [-0.05, 0) is 48.7 Å². The standard InChI is InChI=1S/C19H20N4O3S/c1-20-18(25)16-7-6-15(27-16)14-3-2-8-23(14)19(26)21-12-4-5-13-11(9-12)10-17(24)22-13/h4-7,9,14H,2-3,8,10H2,1H3,(H,20,25)(H,21,26)(H,22,24). The maximum Gasteiger partial charge on any atom is 0.322 e. The Bertz CT molecular complexity index is 923. The van der Waals surface area contributed by atoms with Crippen LogP contribution in [0.4, 0.5) is 16.2 Å². The molecule has 1 aromatic heterocycles. The first kappa shape index (κ1) is 17.5. The zero-order chi connectivity index (χ0) is 19.0. The molecule has 27 heavy (non-hydrogen) atoms. The third kappa shape index (κ3) is 3.40. The van der Waals surface area contributed by atoms with Gasteiger partial charge in [-0.3, -0.25) is 9.59 Å². The number of hydrogen-bond donors (Lipinski definition) is 3. The van der Waals surface area contributed by atoms with Crippen LogP contribution >= 0.6 is 11.3 Å². The molecule has 3 heterocycles. The van der Waals surface area contributed by atoms with Crippen LogP contribution in [0.15, 0.2) is 30.3 Å². The average molecular weight is 384 g/mol. The highest BCUT2D eigenvalue weighted by molar-refractivity contribution is 7.14. The summed E-state index contributed by atoms with van der Waals surface area (Å²) in [6.07, 6.45) is 2.14. The summed E-state index contributed by atoms with van der Waals surface area (Å²) in [7, 11) is 1.61. The van der Waals surface area contributed by atoms with Gasteiger partial charge in [0.15, 0.2) is 0 Å². The molecule has 7 nitrogen and oxygen atoms in total. The van der Waals surface area contributed by atoms with Gasteiger partial charge in [0, 0.05) is 29.8 Å². The van der Waals surface area contributed by atoms with E-state index in [1.807, 2.05) is 23.1 Å². The fourth-order valence-electron chi connectivity index (χ4n) is 3.59. The molecule has 1 saturated heterocycles. The van der Waals surface area contributed by atoms with Gasteiger partial charge in [0.25, 0.3) is 5.91 Å². The number of anilines is 2. The molecule has 0 bridgehead atoms. The lowest BCUT2D eigenvalue weighted by molar-refractivity contribution is -0.115. The highest BCUT2D eigenvalue weighted by Crippen LogP contribution is 2.36. The number of rotatable bonds is 3. The molecule has 0 radical (unpaired) electrons. The molecule has 1 aromatic carbocycles. The molecule has 140 valence electrons. The lowest BCUT2D eigenvalue weighted by atomic mass is 10.1. The Labute approximate surface area is 160 Å². The monoisotopic (exact) mass is 384 g/mol. The van der Waals surface area contributed by atoms with Crippen molar-refractivity contribution >= 4 is 40.6 Å². The molecule has 2 aliphatic rings. The molecular weight excluding hydrogens is 364 g/mol. The lowest BCUT2D eigenvalue weighted by Gasteiger charge is -2.24. The van der Waals surface area contributed by atoms with Crippen molar-refractivity contribution in [3.63, 3.8) is 0 Å². The van der Waals surface area contributed by atoms with Crippen LogP contribution in [0.5, 0.6) is 0 Å². The number of benzene rings is 1. The summed E-state index contributed by atoms with van der Waals surface area (Å²) in [6.45, 7) is 0.675. The zero-order valence-corrected chi connectivity index (χ0v) is 15.7. The topological polar surface area (TPSA) is 90.5 Å². The highest BCUT2D eigenvalue weighted by atomic mass is 32.1. The molecule has 1 unspecified atom stereocenters. The largest absolute Gasteiger partial charge is 0.354 e. The molecule has 0 aliphatic carbocycles. The maximum absolute atomic E-state index is 12.8. The smallest absolute Gasteiger partial charge is 0.322 e. The van der Waals surface area contributed by atoms with E-state index < -0.39 is 0 Å². The van der Waals surface area contributed by atoms with Crippen LogP contribution in [0, 0.1) is 0 Å². The molecule has 3 N–H and O–H groups in total. The van der Waals surface area contributed by atoms with Crippen molar-refractivity contribution in [1.29, 1.82) is 0 Å². The number of carbonyl (C=O) groups excluding carboxylic acids is 3. The summed E-state index contributed by atoms with van der Waals surface area (Å²) in [5.74, 6) is -0.140. The van der Waals surface area contributed by atoms with Gasteiger partial charge in [-0.25, -0.2) is 4.79 Å². The Balaban J connectivity index is 1.48. The Hall–Kier alpha value is -2.87. The Morgan fingerprint density at radius 3 is 2.93 bits per heavy atom. The second kappa shape index (κ2) is 7.03. The van der Waals surface area contributed by atoms with Gasteiger partial charge in [-0.15, -0.1) is 11.3 Å². The average Bonchev–Trinajstić information content (AvgIpc) is 3.38. The van der Waals surface area contributed by atoms with Crippen LogP contribution < -0.4 is 16.0 Å². The van der Waals surface area contributed by atoms with Gasteiger partial charge < -0.3 is 20.9 Å². The number of urea groups is 1. The molecular formula is C19H20N4O3S. The summed E-state index contributed by atoms with van der Waals surface area (Å²) in [5, 5.41) is 8.35. The van der Waals surface area contributed by atoms with Crippen LogP contribution in [-0.2, 0) is 11.2 Å². The van der Waals surface area contributed by atoms with Crippen molar-refractivity contribution in [2.45, 2.75) is 25.3 Å². The van der Waals surface area contributed by atoms with Gasteiger partial charge in [0.1, 0.15) is 0 Å². The molecule has 0 saturated carbocycles. The summed E-state index contributed by atoms with van der Waals surface area (Å²) in [4.78, 5) is 39.6. The molecule has 0 spiro atoms. The summed E-state index contributed by atoms with van der Waals surface area (Å²) in [6, 6.07) is 8.99. The molecule has 2 aromatic rings. The molecule has 4 rings (SSSR count). The van der Waals surface area contributed by atoms with Crippen molar-refractivity contribution in [2.24, 2.45) is 0 Å². The number of fused-ring (bicyclic) bond motifs is 1.